The summed E-state index contributed by atoms with van der Waals surface area (Å²) in [7, 11) is 0. The van der Waals surface area contributed by atoms with E-state index >= 15 is 0 Å². The van der Waals surface area contributed by atoms with Gasteiger partial charge in [0.2, 0.25) is 0 Å². The van der Waals surface area contributed by atoms with E-state index in [1.54, 1.807) is 17.2 Å². The van der Waals surface area contributed by atoms with E-state index in [-0.39, 0.29) is 18.1 Å². The Hall–Kier alpha value is -0.650. The number of hydrogen-bond acceptors (Lipinski definition) is 3. The predicted octanol–water partition coefficient (Wildman–Crippen LogP) is 2.36. The van der Waals surface area contributed by atoms with Gasteiger partial charge in [0.15, 0.2) is 0 Å². The molecule has 98 valence electrons. The van der Waals surface area contributed by atoms with E-state index in [1.165, 1.54) is 6.20 Å². The van der Waals surface area contributed by atoms with Gasteiger partial charge in [-0.15, -0.1) is 0 Å². The van der Waals surface area contributed by atoms with Crippen LogP contribution in [0.5, 0.6) is 0 Å². The van der Waals surface area contributed by atoms with Gasteiger partial charge in [-0.3, -0.25) is 9.78 Å². The van der Waals surface area contributed by atoms with Gasteiger partial charge in [0.1, 0.15) is 0 Å². The highest BCUT2D eigenvalue weighted by Crippen LogP contribution is 2.20. The van der Waals surface area contributed by atoms with Crippen LogP contribution in [-0.4, -0.2) is 46.4 Å². The minimum Gasteiger partial charge on any atom is -0.373 e. The Bertz CT molecular complexity index is 444. The SMILES string of the molecule is CC1COC(CBr)CN1C(=O)c1ccncc1Cl. The van der Waals surface area contributed by atoms with Crippen molar-refractivity contribution in [2.45, 2.75) is 19.1 Å². The van der Waals surface area contributed by atoms with Crippen LogP contribution in [0, 0.1) is 0 Å². The third kappa shape index (κ3) is 2.84. The van der Waals surface area contributed by atoms with Gasteiger partial charge in [0.25, 0.3) is 5.91 Å². The number of halogens is 2. The Morgan fingerprint density at radius 1 is 1.72 bits per heavy atom. The lowest BCUT2D eigenvalue weighted by molar-refractivity contribution is -0.0361. The van der Waals surface area contributed by atoms with Crippen LogP contribution in [0.1, 0.15) is 17.3 Å². The van der Waals surface area contributed by atoms with Crippen LogP contribution in [0.3, 0.4) is 0 Å². The number of hydrogen-bond donors (Lipinski definition) is 0. The number of ether oxygens (including phenoxy) is 1. The average Bonchev–Trinajstić information content (AvgIpc) is 2.39. The summed E-state index contributed by atoms with van der Waals surface area (Å²) in [5.74, 6) is -0.0656. The molecule has 2 unspecified atom stereocenters. The molecular formula is C12H14BrClN2O2. The van der Waals surface area contributed by atoms with Crippen molar-refractivity contribution >= 4 is 33.4 Å². The van der Waals surface area contributed by atoms with E-state index < -0.39 is 0 Å². The van der Waals surface area contributed by atoms with E-state index in [9.17, 15) is 4.79 Å². The van der Waals surface area contributed by atoms with Crippen molar-refractivity contribution in [3.05, 3.63) is 29.0 Å². The summed E-state index contributed by atoms with van der Waals surface area (Å²) >= 11 is 9.38. The van der Waals surface area contributed by atoms with Gasteiger partial charge in [0, 0.05) is 24.3 Å². The van der Waals surface area contributed by atoms with Gasteiger partial charge in [-0.1, -0.05) is 27.5 Å². The van der Waals surface area contributed by atoms with Crippen LogP contribution in [0.2, 0.25) is 5.02 Å². The fraction of sp³-hybridized carbons (Fsp3) is 0.500. The number of morpholine rings is 1. The van der Waals surface area contributed by atoms with Crippen molar-refractivity contribution in [3.8, 4) is 0 Å². The first-order valence-corrected chi connectivity index (χ1v) is 7.21. The summed E-state index contributed by atoms with van der Waals surface area (Å²) in [5.41, 5.74) is 0.494. The van der Waals surface area contributed by atoms with Crippen LogP contribution in [-0.2, 0) is 4.74 Å². The molecule has 18 heavy (non-hydrogen) atoms. The van der Waals surface area contributed by atoms with E-state index in [0.717, 1.165) is 0 Å². The normalized spacial score (nSPS) is 24.1. The van der Waals surface area contributed by atoms with Gasteiger partial charge in [0.05, 0.1) is 29.3 Å². The molecule has 0 spiro atoms. The number of rotatable bonds is 2. The molecule has 1 aromatic heterocycles. The van der Waals surface area contributed by atoms with Crippen LogP contribution in [0.25, 0.3) is 0 Å². The molecule has 1 saturated heterocycles. The predicted molar refractivity (Wildman–Crippen MR) is 73.3 cm³/mol. The molecule has 4 nitrogen and oxygen atoms in total. The Balaban J connectivity index is 2.19. The summed E-state index contributed by atoms with van der Waals surface area (Å²) in [6, 6.07) is 1.70. The number of pyridine rings is 1. The minimum atomic E-state index is -0.0656. The highest BCUT2D eigenvalue weighted by molar-refractivity contribution is 9.09. The molecule has 1 amide bonds. The summed E-state index contributed by atoms with van der Waals surface area (Å²) in [6.07, 6.45) is 3.10. The number of nitrogens with zero attached hydrogens (tertiary/aromatic N) is 2. The largest absolute Gasteiger partial charge is 0.373 e. The van der Waals surface area contributed by atoms with Gasteiger partial charge < -0.3 is 9.64 Å². The molecule has 1 aromatic rings. The molecule has 2 rings (SSSR count). The zero-order chi connectivity index (χ0) is 13.1. The molecule has 6 heteroatoms. The number of aromatic nitrogens is 1. The smallest absolute Gasteiger partial charge is 0.255 e. The van der Waals surface area contributed by atoms with Crippen molar-refractivity contribution in [2.24, 2.45) is 0 Å². The Kier molecular flexibility index (Phi) is 4.59. The summed E-state index contributed by atoms with van der Waals surface area (Å²) < 4.78 is 5.60. The van der Waals surface area contributed by atoms with Crippen molar-refractivity contribution in [3.63, 3.8) is 0 Å². The van der Waals surface area contributed by atoms with Crippen LogP contribution in [0.15, 0.2) is 18.5 Å². The lowest BCUT2D eigenvalue weighted by atomic mass is 10.1. The number of amides is 1. The fourth-order valence-corrected chi connectivity index (χ4v) is 2.49. The summed E-state index contributed by atoms with van der Waals surface area (Å²) in [5, 5.41) is 1.10. The van der Waals surface area contributed by atoms with Crippen LogP contribution in [0.4, 0.5) is 0 Å². The fourth-order valence-electron chi connectivity index (χ4n) is 1.90. The quantitative estimate of drug-likeness (QED) is 0.780. The maximum atomic E-state index is 12.4. The third-order valence-electron chi connectivity index (χ3n) is 2.94. The molecule has 1 fully saturated rings. The second-order valence-corrected chi connectivity index (χ2v) is 5.33. The molecular weight excluding hydrogens is 320 g/mol. The van der Waals surface area contributed by atoms with E-state index in [4.69, 9.17) is 16.3 Å². The number of carbonyl (C=O) groups excluding carboxylic acids is 1. The maximum Gasteiger partial charge on any atom is 0.255 e. The zero-order valence-corrected chi connectivity index (χ0v) is 12.3. The Morgan fingerprint density at radius 2 is 2.50 bits per heavy atom. The van der Waals surface area contributed by atoms with Crippen LogP contribution >= 0.6 is 27.5 Å². The molecule has 0 aliphatic carbocycles. The molecule has 0 saturated carbocycles. The lowest BCUT2D eigenvalue weighted by Gasteiger charge is -2.37. The number of carbonyl (C=O) groups is 1. The maximum absolute atomic E-state index is 12.4. The summed E-state index contributed by atoms with van der Waals surface area (Å²) in [6.45, 7) is 3.09. The third-order valence-corrected chi connectivity index (χ3v) is 3.96. The molecule has 1 aliphatic rings. The van der Waals surface area contributed by atoms with Crippen molar-refractivity contribution < 1.29 is 9.53 Å². The Morgan fingerprint density at radius 3 is 3.17 bits per heavy atom. The first kappa shape index (κ1) is 13.8. The average molecular weight is 334 g/mol. The zero-order valence-electron chi connectivity index (χ0n) is 9.97. The Labute approximate surface area is 119 Å². The second kappa shape index (κ2) is 5.99. The van der Waals surface area contributed by atoms with Gasteiger partial charge in [-0.05, 0) is 13.0 Å². The lowest BCUT2D eigenvalue weighted by Crippen LogP contribution is -2.51. The number of alkyl halides is 1. The highest BCUT2D eigenvalue weighted by Gasteiger charge is 2.30. The molecule has 2 heterocycles. The topological polar surface area (TPSA) is 42.4 Å². The van der Waals surface area contributed by atoms with Crippen molar-refractivity contribution in [1.82, 2.24) is 9.88 Å². The van der Waals surface area contributed by atoms with E-state index in [1.807, 2.05) is 6.92 Å². The minimum absolute atomic E-state index is 0.0331. The molecule has 1 aliphatic heterocycles. The molecule has 0 radical (unpaired) electrons. The van der Waals surface area contributed by atoms with Crippen molar-refractivity contribution in [2.75, 3.05) is 18.5 Å². The monoisotopic (exact) mass is 332 g/mol. The molecule has 0 N–H and O–H groups in total. The van der Waals surface area contributed by atoms with Crippen LogP contribution < -0.4 is 0 Å². The van der Waals surface area contributed by atoms with Crippen molar-refractivity contribution in [1.29, 1.82) is 0 Å². The van der Waals surface area contributed by atoms with E-state index in [2.05, 4.69) is 20.9 Å². The first-order valence-electron chi connectivity index (χ1n) is 5.71. The van der Waals surface area contributed by atoms with Gasteiger partial charge in [-0.25, -0.2) is 0 Å². The molecule has 0 bridgehead atoms. The second-order valence-electron chi connectivity index (χ2n) is 4.27. The van der Waals surface area contributed by atoms with E-state index in [0.29, 0.717) is 29.1 Å². The highest BCUT2D eigenvalue weighted by atomic mass is 79.9. The van der Waals surface area contributed by atoms with Gasteiger partial charge in [-0.2, -0.15) is 0 Å². The van der Waals surface area contributed by atoms with Gasteiger partial charge >= 0.3 is 0 Å². The molecule has 2 atom stereocenters. The standard InChI is InChI=1S/C12H14BrClN2O2/c1-8-7-18-9(4-13)6-16(8)12(17)10-2-3-15-5-11(10)14/h2-3,5,8-9H,4,6-7H2,1H3. The summed E-state index contributed by atoms with van der Waals surface area (Å²) in [4.78, 5) is 18.1. The first-order chi connectivity index (χ1) is 8.63. The molecule has 0 aromatic carbocycles.